The number of benzene rings is 1. The molecule has 0 radical (unpaired) electrons. The number of hydrogen-bond donors (Lipinski definition) is 1. The lowest BCUT2D eigenvalue weighted by molar-refractivity contribution is 0.0702. The fraction of sp³-hybridized carbons (Fsp3) is 0.333. The first-order chi connectivity index (χ1) is 12.1. The Morgan fingerprint density at radius 2 is 2.07 bits per heavy atom. The highest BCUT2D eigenvalue weighted by Crippen LogP contribution is 2.23. The van der Waals surface area contributed by atoms with E-state index >= 15 is 0 Å². The molecule has 3 heterocycles. The number of halogens is 2. The zero-order chi connectivity index (χ0) is 17.4. The second-order valence-electron chi connectivity index (χ2n) is 6.42. The van der Waals surface area contributed by atoms with Crippen molar-refractivity contribution in [2.45, 2.75) is 19.9 Å². The molecule has 1 aliphatic rings. The quantitative estimate of drug-likeness (QED) is 0.704. The first kappa shape index (κ1) is 21.1. The molecule has 0 spiro atoms. The van der Waals surface area contributed by atoms with Gasteiger partial charge in [0.2, 0.25) is 0 Å². The molecule has 2 aromatic heterocycles. The Balaban J connectivity index is 0.00000131. The molecule has 1 aliphatic heterocycles. The lowest BCUT2D eigenvalue weighted by Crippen LogP contribution is -2.51. The van der Waals surface area contributed by atoms with Crippen molar-refractivity contribution in [1.82, 2.24) is 30.2 Å². The minimum Gasteiger partial charge on any atom is -0.334 e. The van der Waals surface area contributed by atoms with E-state index in [1.807, 2.05) is 42.3 Å². The van der Waals surface area contributed by atoms with Crippen LogP contribution in [-0.4, -0.2) is 56.5 Å². The van der Waals surface area contributed by atoms with Crippen molar-refractivity contribution in [3.63, 3.8) is 0 Å². The largest absolute Gasteiger partial charge is 0.334 e. The fourth-order valence-electron chi connectivity index (χ4n) is 3.31. The highest BCUT2D eigenvalue weighted by atomic mass is 35.5. The van der Waals surface area contributed by atoms with Crippen LogP contribution in [-0.2, 0) is 0 Å². The summed E-state index contributed by atoms with van der Waals surface area (Å²) in [5.41, 5.74) is 2.07. The van der Waals surface area contributed by atoms with Gasteiger partial charge in [0.1, 0.15) is 0 Å². The van der Waals surface area contributed by atoms with Gasteiger partial charge in [-0.3, -0.25) is 9.78 Å². The van der Waals surface area contributed by atoms with Crippen LogP contribution in [0.4, 0.5) is 0 Å². The third-order valence-electron chi connectivity index (χ3n) is 4.64. The number of fused-ring (bicyclic) bond motifs is 1. The van der Waals surface area contributed by atoms with Gasteiger partial charge >= 0.3 is 0 Å². The Labute approximate surface area is 170 Å². The van der Waals surface area contributed by atoms with Crippen LogP contribution < -0.4 is 5.32 Å². The Kier molecular flexibility index (Phi) is 6.75. The molecule has 4 rings (SSSR count). The maximum atomic E-state index is 12.8. The van der Waals surface area contributed by atoms with Crippen molar-refractivity contribution in [2.75, 3.05) is 19.6 Å². The average molecular weight is 409 g/mol. The summed E-state index contributed by atoms with van der Waals surface area (Å²) in [7, 11) is 0. The third kappa shape index (κ3) is 3.90. The third-order valence-corrected chi connectivity index (χ3v) is 4.64. The van der Waals surface area contributed by atoms with E-state index in [2.05, 4.69) is 27.5 Å². The molecule has 1 amide bonds. The maximum Gasteiger partial charge on any atom is 0.276 e. The number of aromatic nitrogens is 4. The van der Waals surface area contributed by atoms with Crippen molar-refractivity contribution in [3.8, 4) is 5.69 Å². The Morgan fingerprint density at radius 3 is 2.85 bits per heavy atom. The average Bonchev–Trinajstić information content (AvgIpc) is 3.02. The Bertz CT molecular complexity index is 939. The smallest absolute Gasteiger partial charge is 0.276 e. The summed E-state index contributed by atoms with van der Waals surface area (Å²) in [4.78, 5) is 18.8. The van der Waals surface area contributed by atoms with Crippen molar-refractivity contribution >= 4 is 41.5 Å². The van der Waals surface area contributed by atoms with Gasteiger partial charge in [-0.1, -0.05) is 17.3 Å². The summed E-state index contributed by atoms with van der Waals surface area (Å²) in [6.45, 7) is 6.14. The first-order valence-electron chi connectivity index (χ1n) is 8.43. The molecule has 1 fully saturated rings. The number of hydrogen-bond acceptors (Lipinski definition) is 5. The van der Waals surface area contributed by atoms with Gasteiger partial charge in [0.15, 0.2) is 5.69 Å². The summed E-state index contributed by atoms with van der Waals surface area (Å²) in [5, 5.41) is 13.8. The molecule has 27 heavy (non-hydrogen) atoms. The highest BCUT2D eigenvalue weighted by molar-refractivity contribution is 5.94. The number of carbonyl (C=O) groups is 1. The minimum atomic E-state index is -0.0565. The molecule has 0 aliphatic carbocycles. The molecule has 1 unspecified atom stereocenters. The van der Waals surface area contributed by atoms with E-state index in [9.17, 15) is 4.79 Å². The van der Waals surface area contributed by atoms with E-state index in [1.165, 1.54) is 0 Å². The van der Waals surface area contributed by atoms with E-state index in [1.54, 1.807) is 10.9 Å². The summed E-state index contributed by atoms with van der Waals surface area (Å²) in [6, 6.07) is 8.18. The summed E-state index contributed by atoms with van der Waals surface area (Å²) >= 11 is 0. The predicted octanol–water partition coefficient (Wildman–Crippen LogP) is 2.40. The molecule has 1 aromatic carbocycles. The van der Waals surface area contributed by atoms with Gasteiger partial charge in [0, 0.05) is 48.8 Å². The second-order valence-corrected chi connectivity index (χ2v) is 6.42. The first-order valence-corrected chi connectivity index (χ1v) is 8.43. The number of piperazine rings is 1. The molecule has 0 saturated carbocycles. The van der Waals surface area contributed by atoms with Gasteiger partial charge in [-0.15, -0.1) is 29.9 Å². The molecule has 7 nitrogen and oxygen atoms in total. The van der Waals surface area contributed by atoms with Crippen molar-refractivity contribution in [2.24, 2.45) is 0 Å². The maximum absolute atomic E-state index is 12.8. The highest BCUT2D eigenvalue weighted by Gasteiger charge is 2.26. The van der Waals surface area contributed by atoms with Crippen LogP contribution in [0.1, 0.15) is 23.1 Å². The summed E-state index contributed by atoms with van der Waals surface area (Å²) in [5.74, 6) is -0.0565. The van der Waals surface area contributed by atoms with E-state index in [-0.39, 0.29) is 30.7 Å². The lowest BCUT2D eigenvalue weighted by Gasteiger charge is -2.31. The zero-order valence-corrected chi connectivity index (χ0v) is 16.8. The van der Waals surface area contributed by atoms with Crippen LogP contribution >= 0.6 is 24.8 Å². The second kappa shape index (κ2) is 8.65. The van der Waals surface area contributed by atoms with Gasteiger partial charge < -0.3 is 10.2 Å². The van der Waals surface area contributed by atoms with Crippen LogP contribution in [0.3, 0.4) is 0 Å². The van der Waals surface area contributed by atoms with Gasteiger partial charge in [0.25, 0.3) is 5.91 Å². The van der Waals surface area contributed by atoms with Crippen LogP contribution in [0, 0.1) is 6.92 Å². The number of pyridine rings is 1. The minimum absolute atomic E-state index is 0. The number of amides is 1. The number of rotatable bonds is 2. The topological polar surface area (TPSA) is 75.9 Å². The number of carbonyl (C=O) groups excluding carboxylic acids is 1. The van der Waals surface area contributed by atoms with Crippen LogP contribution in [0.2, 0.25) is 0 Å². The van der Waals surface area contributed by atoms with E-state index in [4.69, 9.17) is 0 Å². The number of nitrogens with one attached hydrogen (secondary N) is 1. The van der Waals surface area contributed by atoms with Crippen LogP contribution in [0.15, 0.2) is 36.7 Å². The SMILES string of the molecule is Cc1c(C(=O)N2CCNC(C)C2)nnn1-c1cccc2cnccc12.Cl.Cl. The van der Waals surface area contributed by atoms with E-state index < -0.39 is 0 Å². The normalized spacial score (nSPS) is 16.5. The van der Waals surface area contributed by atoms with Crippen LogP contribution in [0.5, 0.6) is 0 Å². The monoisotopic (exact) mass is 408 g/mol. The molecule has 9 heteroatoms. The van der Waals surface area contributed by atoms with Gasteiger partial charge in [0.05, 0.1) is 11.4 Å². The molecule has 3 aromatic rings. The number of nitrogens with zero attached hydrogens (tertiary/aromatic N) is 5. The van der Waals surface area contributed by atoms with Crippen molar-refractivity contribution in [3.05, 3.63) is 48.0 Å². The van der Waals surface area contributed by atoms with Crippen molar-refractivity contribution in [1.29, 1.82) is 0 Å². The zero-order valence-electron chi connectivity index (χ0n) is 15.1. The standard InChI is InChI=1S/C18H20N6O.2ClH/c1-12-11-23(9-8-20-12)18(25)17-13(2)24(22-21-17)16-5-3-4-14-10-19-7-6-15(14)16;;/h3-7,10,12,20H,8-9,11H2,1-2H3;2*1H. The fourth-order valence-corrected chi connectivity index (χ4v) is 3.31. The van der Waals surface area contributed by atoms with Gasteiger partial charge in [-0.05, 0) is 26.0 Å². The molecule has 1 N–H and O–H groups in total. The Hall–Kier alpha value is -2.22. The van der Waals surface area contributed by atoms with E-state index in [0.29, 0.717) is 24.8 Å². The molecule has 0 bridgehead atoms. The van der Waals surface area contributed by atoms with Crippen molar-refractivity contribution < 1.29 is 4.79 Å². The van der Waals surface area contributed by atoms with E-state index in [0.717, 1.165) is 28.7 Å². The predicted molar refractivity (Wildman–Crippen MR) is 109 cm³/mol. The van der Waals surface area contributed by atoms with Crippen LogP contribution in [0.25, 0.3) is 16.5 Å². The van der Waals surface area contributed by atoms with Gasteiger partial charge in [-0.25, -0.2) is 4.68 Å². The molecular weight excluding hydrogens is 387 g/mol. The Morgan fingerprint density at radius 1 is 1.26 bits per heavy atom. The molecule has 1 saturated heterocycles. The summed E-state index contributed by atoms with van der Waals surface area (Å²) < 4.78 is 1.74. The summed E-state index contributed by atoms with van der Waals surface area (Å²) in [6.07, 6.45) is 3.57. The molecule has 1 atom stereocenters. The molecule has 144 valence electrons. The lowest BCUT2D eigenvalue weighted by atomic mass is 10.1. The molecular formula is C18H22Cl2N6O. The van der Waals surface area contributed by atoms with Gasteiger partial charge in [-0.2, -0.15) is 0 Å².